The zero-order valence-electron chi connectivity index (χ0n) is 14.3. The number of rotatable bonds is 4. The molecule has 2 heterocycles. The number of methoxy groups -OCH3 is 1. The number of ether oxygens (including phenoxy) is 1. The molecule has 2 aromatic heterocycles. The van der Waals surface area contributed by atoms with Crippen LogP contribution in [0.5, 0.6) is 5.75 Å². The summed E-state index contributed by atoms with van der Waals surface area (Å²) in [5.74, 6) is -1.71. The molecule has 0 saturated carbocycles. The predicted octanol–water partition coefficient (Wildman–Crippen LogP) is 2.81. The van der Waals surface area contributed by atoms with Gasteiger partial charge in [0.15, 0.2) is 15.7 Å². The maximum absolute atomic E-state index is 13.1. The molecule has 0 bridgehead atoms. The van der Waals surface area contributed by atoms with Crippen molar-refractivity contribution in [2.24, 2.45) is 0 Å². The van der Waals surface area contributed by atoms with E-state index in [2.05, 4.69) is 20.1 Å². The molecule has 0 amide bonds. The van der Waals surface area contributed by atoms with Crippen molar-refractivity contribution in [1.29, 1.82) is 0 Å². The number of benzene rings is 1. The molecule has 0 N–H and O–H groups in total. The SMILES string of the molecule is COc1cc(-c2nc(C(F)(F)F)nn2-c2ncc(S(C)(=O)=O)cn2)ccc1Cl. The first-order chi connectivity index (χ1) is 13.0. The molecule has 28 heavy (non-hydrogen) atoms. The van der Waals surface area contributed by atoms with E-state index in [1.54, 1.807) is 0 Å². The lowest BCUT2D eigenvalue weighted by Gasteiger charge is -2.07. The highest BCUT2D eigenvalue weighted by Gasteiger charge is 2.38. The Labute approximate surface area is 161 Å². The molecule has 0 spiro atoms. The summed E-state index contributed by atoms with van der Waals surface area (Å²) in [4.78, 5) is 10.9. The molecule has 0 aliphatic rings. The monoisotopic (exact) mass is 433 g/mol. The Kier molecular flexibility index (Phi) is 5.02. The highest BCUT2D eigenvalue weighted by molar-refractivity contribution is 7.90. The van der Waals surface area contributed by atoms with Gasteiger partial charge in [0.2, 0.25) is 0 Å². The highest BCUT2D eigenvalue weighted by atomic mass is 35.5. The van der Waals surface area contributed by atoms with Crippen LogP contribution in [-0.4, -0.2) is 46.5 Å². The van der Waals surface area contributed by atoms with Crippen LogP contribution in [0.4, 0.5) is 13.2 Å². The zero-order chi connectivity index (χ0) is 20.7. The lowest BCUT2D eigenvalue weighted by atomic mass is 10.2. The first kappa shape index (κ1) is 20.0. The van der Waals surface area contributed by atoms with Gasteiger partial charge in [0, 0.05) is 11.8 Å². The van der Waals surface area contributed by atoms with Gasteiger partial charge in [0.05, 0.1) is 24.5 Å². The molecule has 0 radical (unpaired) electrons. The van der Waals surface area contributed by atoms with E-state index in [0.29, 0.717) is 0 Å². The highest BCUT2D eigenvalue weighted by Crippen LogP contribution is 2.33. The number of aromatic nitrogens is 5. The van der Waals surface area contributed by atoms with Gasteiger partial charge in [0.1, 0.15) is 10.6 Å². The van der Waals surface area contributed by atoms with Crippen LogP contribution < -0.4 is 4.74 Å². The average molecular weight is 434 g/mol. The van der Waals surface area contributed by atoms with Gasteiger partial charge in [-0.1, -0.05) is 11.6 Å². The fraction of sp³-hybridized carbons (Fsp3) is 0.200. The lowest BCUT2D eigenvalue weighted by Crippen LogP contribution is -2.10. The fourth-order valence-corrected chi connectivity index (χ4v) is 2.85. The summed E-state index contributed by atoms with van der Waals surface area (Å²) in [6.07, 6.45) is -1.92. The topological polar surface area (TPSA) is 99.9 Å². The normalized spacial score (nSPS) is 12.2. The summed E-state index contributed by atoms with van der Waals surface area (Å²) in [6, 6.07) is 4.24. The van der Waals surface area contributed by atoms with Gasteiger partial charge in [-0.25, -0.2) is 23.4 Å². The van der Waals surface area contributed by atoms with Crippen molar-refractivity contribution in [2.45, 2.75) is 11.1 Å². The summed E-state index contributed by atoms with van der Waals surface area (Å²) in [5.41, 5.74) is 0.208. The number of sulfone groups is 1. The predicted molar refractivity (Wildman–Crippen MR) is 92.1 cm³/mol. The van der Waals surface area contributed by atoms with Crippen molar-refractivity contribution in [3.05, 3.63) is 41.4 Å². The van der Waals surface area contributed by atoms with Crippen LogP contribution in [0.25, 0.3) is 17.3 Å². The molecule has 0 atom stereocenters. The van der Waals surface area contributed by atoms with E-state index < -0.39 is 21.8 Å². The maximum Gasteiger partial charge on any atom is 0.453 e. The van der Waals surface area contributed by atoms with E-state index in [-0.39, 0.29) is 33.0 Å². The largest absolute Gasteiger partial charge is 0.495 e. The van der Waals surface area contributed by atoms with Gasteiger partial charge >= 0.3 is 6.18 Å². The molecule has 0 unspecified atom stereocenters. The van der Waals surface area contributed by atoms with Crippen molar-refractivity contribution in [3.63, 3.8) is 0 Å². The summed E-state index contributed by atoms with van der Waals surface area (Å²) in [6.45, 7) is 0. The van der Waals surface area contributed by atoms with Crippen LogP contribution >= 0.6 is 11.6 Å². The van der Waals surface area contributed by atoms with E-state index in [9.17, 15) is 21.6 Å². The quantitative estimate of drug-likeness (QED) is 0.623. The van der Waals surface area contributed by atoms with Gasteiger partial charge in [0.25, 0.3) is 11.8 Å². The summed E-state index contributed by atoms with van der Waals surface area (Å²) >= 11 is 5.95. The van der Waals surface area contributed by atoms with E-state index in [4.69, 9.17) is 16.3 Å². The Morgan fingerprint density at radius 3 is 2.36 bits per heavy atom. The second-order valence-corrected chi connectivity index (χ2v) is 7.93. The Morgan fingerprint density at radius 2 is 1.82 bits per heavy atom. The van der Waals surface area contributed by atoms with Crippen LogP contribution in [-0.2, 0) is 16.0 Å². The van der Waals surface area contributed by atoms with Gasteiger partial charge in [-0.2, -0.15) is 17.9 Å². The molecular formula is C15H11ClF3N5O3S. The van der Waals surface area contributed by atoms with E-state index in [1.807, 2.05) is 0 Å². The minimum absolute atomic E-state index is 0.192. The minimum Gasteiger partial charge on any atom is -0.495 e. The van der Waals surface area contributed by atoms with Crippen LogP contribution in [0.2, 0.25) is 5.02 Å². The van der Waals surface area contributed by atoms with Crippen molar-refractivity contribution >= 4 is 21.4 Å². The average Bonchev–Trinajstić information content (AvgIpc) is 3.07. The van der Waals surface area contributed by atoms with Crippen molar-refractivity contribution < 1.29 is 26.3 Å². The first-order valence-corrected chi connectivity index (χ1v) is 9.68. The lowest BCUT2D eigenvalue weighted by molar-refractivity contribution is -0.144. The Bertz CT molecular complexity index is 1130. The molecule has 1 aromatic carbocycles. The van der Waals surface area contributed by atoms with Crippen molar-refractivity contribution in [3.8, 4) is 23.1 Å². The maximum atomic E-state index is 13.1. The van der Waals surface area contributed by atoms with Gasteiger partial charge in [-0.05, 0) is 18.2 Å². The molecule has 3 rings (SSSR count). The number of alkyl halides is 3. The number of hydrogen-bond acceptors (Lipinski definition) is 7. The molecule has 3 aromatic rings. The molecule has 0 fully saturated rings. The van der Waals surface area contributed by atoms with E-state index in [0.717, 1.165) is 23.3 Å². The van der Waals surface area contributed by atoms with E-state index in [1.165, 1.54) is 25.3 Å². The summed E-state index contributed by atoms with van der Waals surface area (Å²) in [5, 5.41) is 3.68. The third kappa shape index (κ3) is 3.92. The number of nitrogens with zero attached hydrogens (tertiary/aromatic N) is 5. The first-order valence-electron chi connectivity index (χ1n) is 7.41. The number of hydrogen-bond donors (Lipinski definition) is 0. The van der Waals surface area contributed by atoms with Crippen LogP contribution in [0.1, 0.15) is 5.82 Å². The third-order valence-electron chi connectivity index (χ3n) is 3.50. The summed E-state index contributed by atoms with van der Waals surface area (Å²) in [7, 11) is -2.23. The smallest absolute Gasteiger partial charge is 0.453 e. The second kappa shape index (κ2) is 7.02. The molecule has 8 nitrogen and oxygen atoms in total. The number of halogens is 4. The Hall–Kier alpha value is -2.73. The van der Waals surface area contributed by atoms with Crippen LogP contribution in [0, 0.1) is 0 Å². The Morgan fingerprint density at radius 1 is 1.18 bits per heavy atom. The second-order valence-electron chi connectivity index (χ2n) is 5.51. The van der Waals surface area contributed by atoms with Crippen molar-refractivity contribution in [2.75, 3.05) is 13.4 Å². The fourth-order valence-electron chi connectivity index (χ4n) is 2.17. The molecule has 13 heteroatoms. The van der Waals surface area contributed by atoms with Gasteiger partial charge < -0.3 is 4.74 Å². The van der Waals surface area contributed by atoms with E-state index >= 15 is 0 Å². The minimum atomic E-state index is -4.82. The molecule has 0 aliphatic heterocycles. The molecule has 148 valence electrons. The molecular weight excluding hydrogens is 423 g/mol. The van der Waals surface area contributed by atoms with Crippen LogP contribution in [0.3, 0.4) is 0 Å². The van der Waals surface area contributed by atoms with Crippen LogP contribution in [0.15, 0.2) is 35.5 Å². The van der Waals surface area contributed by atoms with Gasteiger partial charge in [-0.15, -0.1) is 5.10 Å². The summed E-state index contributed by atoms with van der Waals surface area (Å²) < 4.78 is 68.3. The molecule has 0 saturated heterocycles. The van der Waals surface area contributed by atoms with Gasteiger partial charge in [-0.3, -0.25) is 0 Å². The Balaban J connectivity index is 2.19. The zero-order valence-corrected chi connectivity index (χ0v) is 15.8. The van der Waals surface area contributed by atoms with Crippen molar-refractivity contribution in [1.82, 2.24) is 24.7 Å². The third-order valence-corrected chi connectivity index (χ3v) is 4.88. The molecule has 0 aliphatic carbocycles. The standard InChI is InChI=1S/C15H11ClF3N5O3S/c1-27-11-5-8(3-4-10(11)16)12-22-13(15(17,18)19)23-24(12)14-20-6-9(7-21-14)28(2,25)26/h3-7H,1-2H3.